The number of fused-ring (bicyclic) bond motifs is 1. The lowest BCUT2D eigenvalue weighted by Gasteiger charge is -2.23. The standard InChI is InChI=1S/C26H23ClFN7O/c1-34-24(18(12-31-34)14-2-3-15-16(8-14)20(11-30)32-33-25(15)36)22-17(10-29)21(9-19(27)23(22)28)35-7-6-26(13-35)4-5-26/h2-3,8-9,12H,4-7,11,13,30H2,1H3,(H,33,36). The van der Waals surface area contributed by atoms with Crippen LogP contribution in [0.3, 0.4) is 0 Å². The number of hydrogen-bond acceptors (Lipinski definition) is 6. The van der Waals surface area contributed by atoms with Crippen molar-refractivity contribution in [2.45, 2.75) is 25.8 Å². The number of aromatic amines is 1. The first-order valence-corrected chi connectivity index (χ1v) is 12.1. The molecule has 1 saturated carbocycles. The number of nitrogens with zero attached hydrogens (tertiary/aromatic N) is 5. The number of H-pyrrole nitrogens is 1. The van der Waals surface area contributed by atoms with Crippen molar-refractivity contribution in [1.82, 2.24) is 20.0 Å². The number of benzene rings is 2. The van der Waals surface area contributed by atoms with Crippen LogP contribution in [-0.4, -0.2) is 33.1 Å². The van der Waals surface area contributed by atoms with Gasteiger partial charge in [-0.15, -0.1) is 0 Å². The second kappa shape index (κ2) is 8.15. The molecule has 0 atom stereocenters. The number of halogens is 2. The van der Waals surface area contributed by atoms with Crippen LogP contribution in [0.15, 0.2) is 35.3 Å². The maximum Gasteiger partial charge on any atom is 0.272 e. The average Bonchev–Trinajstić information content (AvgIpc) is 3.34. The Morgan fingerprint density at radius 1 is 1.28 bits per heavy atom. The van der Waals surface area contributed by atoms with Crippen molar-refractivity contribution < 1.29 is 4.39 Å². The zero-order valence-corrected chi connectivity index (χ0v) is 20.4. The van der Waals surface area contributed by atoms with E-state index in [4.69, 9.17) is 17.3 Å². The number of anilines is 1. The average molecular weight is 504 g/mol. The van der Waals surface area contributed by atoms with Crippen molar-refractivity contribution in [2.24, 2.45) is 18.2 Å². The molecule has 3 N–H and O–H groups in total. The molecule has 0 radical (unpaired) electrons. The Labute approximate surface area is 211 Å². The van der Waals surface area contributed by atoms with Crippen molar-refractivity contribution in [3.05, 3.63) is 62.9 Å². The molecule has 3 heterocycles. The minimum atomic E-state index is -0.663. The molecule has 0 unspecified atom stereocenters. The van der Waals surface area contributed by atoms with Crippen LogP contribution in [0.1, 0.15) is 30.5 Å². The molecule has 2 fully saturated rings. The minimum Gasteiger partial charge on any atom is -0.370 e. The van der Waals surface area contributed by atoms with Gasteiger partial charge < -0.3 is 10.6 Å². The lowest BCUT2D eigenvalue weighted by atomic mass is 9.95. The third-order valence-electron chi connectivity index (χ3n) is 7.59. The van der Waals surface area contributed by atoms with E-state index in [1.807, 2.05) is 0 Å². The van der Waals surface area contributed by atoms with Crippen molar-refractivity contribution in [2.75, 3.05) is 18.0 Å². The first kappa shape index (κ1) is 22.7. The molecule has 8 nitrogen and oxygen atoms in total. The Bertz CT molecular complexity index is 1650. The van der Waals surface area contributed by atoms with Gasteiger partial charge in [-0.2, -0.15) is 15.5 Å². The number of hydrogen-bond donors (Lipinski definition) is 2. The van der Waals surface area contributed by atoms with Gasteiger partial charge in [0.25, 0.3) is 5.56 Å². The number of rotatable bonds is 4. The first-order chi connectivity index (χ1) is 17.4. The lowest BCUT2D eigenvalue weighted by Crippen LogP contribution is -2.21. The van der Waals surface area contributed by atoms with Gasteiger partial charge in [0.15, 0.2) is 5.82 Å². The van der Waals surface area contributed by atoms with Crippen LogP contribution < -0.4 is 16.2 Å². The maximum atomic E-state index is 15.7. The molecule has 10 heteroatoms. The van der Waals surface area contributed by atoms with Crippen molar-refractivity contribution in [3.8, 4) is 28.5 Å². The second-order valence-corrected chi connectivity index (χ2v) is 10.1. The van der Waals surface area contributed by atoms with Crippen LogP contribution in [0.25, 0.3) is 33.2 Å². The summed E-state index contributed by atoms with van der Waals surface area (Å²) in [7, 11) is 1.70. The summed E-state index contributed by atoms with van der Waals surface area (Å²) in [5, 5.41) is 22.2. The van der Waals surface area contributed by atoms with Gasteiger partial charge in [-0.25, -0.2) is 9.49 Å². The normalized spacial score (nSPS) is 16.1. The van der Waals surface area contributed by atoms with Crippen LogP contribution in [0.2, 0.25) is 5.02 Å². The summed E-state index contributed by atoms with van der Waals surface area (Å²) in [6, 6.07) is 9.07. The Hall–Kier alpha value is -3.74. The number of aryl methyl sites for hydroxylation is 1. The molecule has 1 aliphatic heterocycles. The predicted molar refractivity (Wildman–Crippen MR) is 136 cm³/mol. The third-order valence-corrected chi connectivity index (χ3v) is 7.87. The number of nitrogens with two attached hydrogens (primary N) is 1. The summed E-state index contributed by atoms with van der Waals surface area (Å²) in [4.78, 5) is 14.4. The Morgan fingerprint density at radius 2 is 2.08 bits per heavy atom. The van der Waals surface area contributed by atoms with Gasteiger partial charge in [-0.05, 0) is 48.4 Å². The molecular formula is C26H23ClFN7O. The van der Waals surface area contributed by atoms with E-state index >= 15 is 4.39 Å². The largest absolute Gasteiger partial charge is 0.370 e. The highest BCUT2D eigenvalue weighted by Gasteiger charge is 2.48. The van der Waals surface area contributed by atoms with Crippen LogP contribution in [0, 0.1) is 22.6 Å². The van der Waals surface area contributed by atoms with E-state index in [0.29, 0.717) is 44.4 Å². The number of nitrogens with one attached hydrogen (secondary N) is 1. The fourth-order valence-corrected chi connectivity index (χ4v) is 5.61. The van der Waals surface area contributed by atoms with E-state index in [9.17, 15) is 10.1 Å². The zero-order chi connectivity index (χ0) is 25.2. The fourth-order valence-electron chi connectivity index (χ4n) is 5.41. The SMILES string of the molecule is Cn1ncc(-c2ccc3c(=O)[nH]nc(CN)c3c2)c1-c1c(F)c(Cl)cc(N2CCC3(CC3)C2)c1C#N. The fraction of sp³-hybridized carbons (Fsp3) is 0.308. The molecule has 182 valence electrons. The van der Waals surface area contributed by atoms with Gasteiger partial charge in [-0.1, -0.05) is 17.7 Å². The molecule has 1 spiro atoms. The van der Waals surface area contributed by atoms with Gasteiger partial charge in [0.1, 0.15) is 6.07 Å². The molecule has 2 aromatic carbocycles. The number of nitriles is 1. The summed E-state index contributed by atoms with van der Waals surface area (Å²) in [6.45, 7) is 1.79. The molecule has 0 bridgehead atoms. The summed E-state index contributed by atoms with van der Waals surface area (Å²) in [5.41, 5.74) is 9.11. The smallest absolute Gasteiger partial charge is 0.272 e. The molecule has 1 aliphatic carbocycles. The quantitative estimate of drug-likeness (QED) is 0.433. The maximum absolute atomic E-state index is 15.7. The molecule has 2 aliphatic rings. The molecular weight excluding hydrogens is 481 g/mol. The highest BCUT2D eigenvalue weighted by atomic mass is 35.5. The van der Waals surface area contributed by atoms with Gasteiger partial charge in [0, 0.05) is 37.6 Å². The van der Waals surface area contributed by atoms with Gasteiger partial charge >= 0.3 is 0 Å². The Morgan fingerprint density at radius 3 is 2.78 bits per heavy atom. The topological polar surface area (TPSA) is 117 Å². The van der Waals surface area contributed by atoms with Gasteiger partial charge in [0.05, 0.1) is 44.8 Å². The summed E-state index contributed by atoms with van der Waals surface area (Å²) in [6.07, 6.45) is 5.05. The minimum absolute atomic E-state index is 0.0393. The van der Waals surface area contributed by atoms with E-state index in [0.717, 1.165) is 19.5 Å². The van der Waals surface area contributed by atoms with E-state index < -0.39 is 5.82 Å². The molecule has 36 heavy (non-hydrogen) atoms. The van der Waals surface area contributed by atoms with Crippen LogP contribution in [-0.2, 0) is 13.6 Å². The van der Waals surface area contributed by atoms with E-state index in [-0.39, 0.29) is 28.3 Å². The molecule has 6 rings (SSSR count). The van der Waals surface area contributed by atoms with Gasteiger partial charge in [0.2, 0.25) is 0 Å². The lowest BCUT2D eigenvalue weighted by molar-refractivity contribution is 0.581. The van der Waals surface area contributed by atoms with Crippen LogP contribution in [0.4, 0.5) is 10.1 Å². The zero-order valence-electron chi connectivity index (χ0n) is 19.6. The van der Waals surface area contributed by atoms with Crippen molar-refractivity contribution >= 4 is 28.1 Å². The van der Waals surface area contributed by atoms with Crippen LogP contribution >= 0.6 is 11.6 Å². The van der Waals surface area contributed by atoms with Crippen molar-refractivity contribution in [1.29, 1.82) is 5.26 Å². The van der Waals surface area contributed by atoms with E-state index in [2.05, 4.69) is 26.3 Å². The third kappa shape index (κ3) is 3.40. The van der Waals surface area contributed by atoms with E-state index in [1.165, 1.54) is 12.8 Å². The molecule has 1 saturated heterocycles. The molecule has 0 amide bonds. The highest BCUT2D eigenvalue weighted by molar-refractivity contribution is 6.31. The van der Waals surface area contributed by atoms with E-state index in [1.54, 1.807) is 42.2 Å². The molecule has 4 aromatic rings. The van der Waals surface area contributed by atoms with Gasteiger partial charge in [-0.3, -0.25) is 9.48 Å². The predicted octanol–water partition coefficient (Wildman–Crippen LogP) is 4.10. The number of aromatic nitrogens is 4. The second-order valence-electron chi connectivity index (χ2n) is 9.72. The monoisotopic (exact) mass is 503 g/mol. The molecule has 2 aromatic heterocycles. The summed E-state index contributed by atoms with van der Waals surface area (Å²) >= 11 is 6.41. The van der Waals surface area contributed by atoms with Crippen LogP contribution in [0.5, 0.6) is 0 Å². The first-order valence-electron chi connectivity index (χ1n) is 11.8. The highest BCUT2D eigenvalue weighted by Crippen LogP contribution is 2.54. The summed E-state index contributed by atoms with van der Waals surface area (Å²) in [5.74, 6) is -0.663. The Kier molecular flexibility index (Phi) is 5.14. The Balaban J connectivity index is 1.57. The summed E-state index contributed by atoms with van der Waals surface area (Å²) < 4.78 is 17.3. The van der Waals surface area contributed by atoms with Crippen molar-refractivity contribution in [3.63, 3.8) is 0 Å².